The van der Waals surface area contributed by atoms with Crippen molar-refractivity contribution >= 4 is 5.69 Å². The SMILES string of the molecule is N#CCc1ccc(C(F)(F)F)c(C#N)c1[N+](=O)[O-]. The van der Waals surface area contributed by atoms with E-state index in [1.165, 1.54) is 6.07 Å². The van der Waals surface area contributed by atoms with Gasteiger partial charge < -0.3 is 0 Å². The molecule has 0 spiro atoms. The molecule has 8 heteroatoms. The Labute approximate surface area is 98.8 Å². The molecule has 92 valence electrons. The molecule has 0 aromatic heterocycles. The molecule has 18 heavy (non-hydrogen) atoms. The van der Waals surface area contributed by atoms with Gasteiger partial charge in [0.2, 0.25) is 0 Å². The lowest BCUT2D eigenvalue weighted by Gasteiger charge is -2.10. The lowest BCUT2D eigenvalue weighted by Crippen LogP contribution is -2.11. The normalized spacial score (nSPS) is 10.5. The van der Waals surface area contributed by atoms with Crippen LogP contribution >= 0.6 is 0 Å². The quantitative estimate of drug-likeness (QED) is 0.599. The van der Waals surface area contributed by atoms with Crippen LogP contribution in [-0.4, -0.2) is 4.92 Å². The summed E-state index contributed by atoms with van der Waals surface area (Å²) in [4.78, 5) is 9.65. The van der Waals surface area contributed by atoms with Gasteiger partial charge in [-0.1, -0.05) is 6.07 Å². The first-order valence-electron chi connectivity index (χ1n) is 4.47. The Balaban J connectivity index is 3.66. The maximum atomic E-state index is 12.6. The first kappa shape index (κ1) is 13.5. The van der Waals surface area contributed by atoms with Crippen LogP contribution in [0.1, 0.15) is 16.7 Å². The van der Waals surface area contributed by atoms with E-state index in [-0.39, 0.29) is 5.56 Å². The van der Waals surface area contributed by atoms with Crippen molar-refractivity contribution in [3.8, 4) is 12.1 Å². The molecule has 0 fully saturated rings. The van der Waals surface area contributed by atoms with Gasteiger partial charge in [0, 0.05) is 5.56 Å². The molecule has 0 atom stereocenters. The lowest BCUT2D eigenvalue weighted by atomic mass is 10.00. The summed E-state index contributed by atoms with van der Waals surface area (Å²) in [6.45, 7) is 0. The van der Waals surface area contributed by atoms with Crippen molar-refractivity contribution in [2.24, 2.45) is 0 Å². The molecular weight excluding hydrogens is 251 g/mol. The van der Waals surface area contributed by atoms with Crippen molar-refractivity contribution in [3.05, 3.63) is 38.9 Å². The van der Waals surface area contributed by atoms with E-state index in [4.69, 9.17) is 10.5 Å². The van der Waals surface area contributed by atoms with Gasteiger partial charge in [0.25, 0.3) is 5.69 Å². The van der Waals surface area contributed by atoms with Crippen LogP contribution in [0.15, 0.2) is 12.1 Å². The molecule has 0 bridgehead atoms. The van der Waals surface area contributed by atoms with Crippen molar-refractivity contribution < 1.29 is 18.1 Å². The number of benzene rings is 1. The Kier molecular flexibility index (Phi) is 3.53. The van der Waals surface area contributed by atoms with Gasteiger partial charge in [0.1, 0.15) is 11.6 Å². The van der Waals surface area contributed by atoms with Crippen LogP contribution < -0.4 is 0 Å². The second-order valence-corrected chi connectivity index (χ2v) is 3.20. The highest BCUT2D eigenvalue weighted by molar-refractivity contribution is 5.59. The van der Waals surface area contributed by atoms with E-state index in [9.17, 15) is 23.3 Å². The number of nitriles is 2. The van der Waals surface area contributed by atoms with Crippen LogP contribution in [0, 0.1) is 32.8 Å². The Bertz CT molecular complexity index is 582. The predicted octanol–water partition coefficient (Wildman–Crippen LogP) is 2.55. The average Bonchev–Trinajstić information content (AvgIpc) is 2.26. The molecule has 0 amide bonds. The second kappa shape index (κ2) is 4.72. The topological polar surface area (TPSA) is 90.7 Å². The van der Waals surface area contributed by atoms with Gasteiger partial charge in [-0.15, -0.1) is 0 Å². The molecule has 0 N–H and O–H groups in total. The van der Waals surface area contributed by atoms with E-state index in [0.717, 1.165) is 6.07 Å². The standard InChI is InChI=1S/C10H4F3N3O2/c11-10(12,13)8-2-1-6(3-4-14)9(16(17)18)7(8)5-15/h1-2H,3H2. The fraction of sp³-hybridized carbons (Fsp3) is 0.200. The van der Waals surface area contributed by atoms with Gasteiger partial charge in [-0.2, -0.15) is 23.7 Å². The van der Waals surface area contributed by atoms with Crippen LogP contribution in [0.5, 0.6) is 0 Å². The number of nitro groups is 1. The summed E-state index contributed by atoms with van der Waals surface area (Å²) in [5.74, 6) is 0. The predicted molar refractivity (Wildman–Crippen MR) is 52.1 cm³/mol. The molecule has 0 aliphatic carbocycles. The molecule has 0 unspecified atom stereocenters. The van der Waals surface area contributed by atoms with E-state index in [1.54, 1.807) is 6.07 Å². The molecule has 0 aliphatic heterocycles. The van der Waals surface area contributed by atoms with E-state index in [0.29, 0.717) is 6.07 Å². The summed E-state index contributed by atoms with van der Waals surface area (Å²) in [5.41, 5.74) is -3.63. The highest BCUT2D eigenvalue weighted by Crippen LogP contribution is 2.37. The van der Waals surface area contributed by atoms with Crippen molar-refractivity contribution in [2.75, 3.05) is 0 Å². The van der Waals surface area contributed by atoms with Crippen molar-refractivity contribution in [2.45, 2.75) is 12.6 Å². The number of hydrogen-bond acceptors (Lipinski definition) is 4. The maximum Gasteiger partial charge on any atom is 0.417 e. The third-order valence-electron chi connectivity index (χ3n) is 2.13. The summed E-state index contributed by atoms with van der Waals surface area (Å²) >= 11 is 0. The molecule has 0 saturated carbocycles. The summed E-state index contributed by atoms with van der Waals surface area (Å²) in [6.07, 6.45) is -5.30. The Morgan fingerprint density at radius 3 is 2.33 bits per heavy atom. The van der Waals surface area contributed by atoms with Crippen molar-refractivity contribution in [3.63, 3.8) is 0 Å². The second-order valence-electron chi connectivity index (χ2n) is 3.20. The minimum atomic E-state index is -4.86. The van der Waals surface area contributed by atoms with Gasteiger partial charge in [-0.3, -0.25) is 10.1 Å². The van der Waals surface area contributed by atoms with Gasteiger partial charge in [0.15, 0.2) is 0 Å². The zero-order chi connectivity index (χ0) is 13.9. The lowest BCUT2D eigenvalue weighted by molar-refractivity contribution is -0.386. The monoisotopic (exact) mass is 255 g/mol. The highest BCUT2D eigenvalue weighted by atomic mass is 19.4. The molecule has 0 radical (unpaired) electrons. The zero-order valence-electron chi connectivity index (χ0n) is 8.65. The molecule has 1 aromatic carbocycles. The Morgan fingerprint density at radius 1 is 1.33 bits per heavy atom. The Hall–Kier alpha value is -2.61. The average molecular weight is 255 g/mol. The van der Waals surface area contributed by atoms with E-state index >= 15 is 0 Å². The number of nitrogens with zero attached hydrogens (tertiary/aromatic N) is 3. The first-order valence-corrected chi connectivity index (χ1v) is 4.47. The van der Waals surface area contributed by atoms with Crippen LogP contribution in [0.25, 0.3) is 0 Å². The first-order chi connectivity index (χ1) is 8.32. The van der Waals surface area contributed by atoms with Gasteiger partial charge in [-0.05, 0) is 6.07 Å². The van der Waals surface area contributed by atoms with Crippen molar-refractivity contribution in [1.29, 1.82) is 10.5 Å². The fourth-order valence-corrected chi connectivity index (χ4v) is 1.42. The molecule has 0 heterocycles. The molecule has 0 saturated heterocycles. The van der Waals surface area contributed by atoms with Crippen LogP contribution in [-0.2, 0) is 12.6 Å². The largest absolute Gasteiger partial charge is 0.417 e. The summed E-state index contributed by atoms with van der Waals surface area (Å²) < 4.78 is 37.7. The molecule has 1 aromatic rings. The van der Waals surface area contributed by atoms with E-state index < -0.39 is 34.3 Å². The number of nitro benzene ring substituents is 1. The number of rotatable bonds is 2. The minimum Gasteiger partial charge on any atom is -0.258 e. The zero-order valence-corrected chi connectivity index (χ0v) is 8.65. The molecule has 1 rings (SSSR count). The van der Waals surface area contributed by atoms with Gasteiger partial charge in [-0.25, -0.2) is 0 Å². The third kappa shape index (κ3) is 2.38. The van der Waals surface area contributed by atoms with E-state index in [2.05, 4.69) is 0 Å². The Morgan fingerprint density at radius 2 is 1.94 bits per heavy atom. The van der Waals surface area contributed by atoms with Crippen LogP contribution in [0.2, 0.25) is 0 Å². The molecule has 0 aliphatic rings. The summed E-state index contributed by atoms with van der Waals surface area (Å²) in [7, 11) is 0. The summed E-state index contributed by atoms with van der Waals surface area (Å²) in [5, 5.41) is 27.8. The van der Waals surface area contributed by atoms with Crippen molar-refractivity contribution in [1.82, 2.24) is 0 Å². The smallest absolute Gasteiger partial charge is 0.258 e. The fourth-order valence-electron chi connectivity index (χ4n) is 1.42. The van der Waals surface area contributed by atoms with Gasteiger partial charge in [0.05, 0.1) is 23.0 Å². The number of hydrogen-bond donors (Lipinski definition) is 0. The number of halogens is 3. The number of alkyl halides is 3. The highest BCUT2D eigenvalue weighted by Gasteiger charge is 2.38. The van der Waals surface area contributed by atoms with E-state index in [1.807, 2.05) is 0 Å². The minimum absolute atomic E-state index is 0.216. The third-order valence-corrected chi connectivity index (χ3v) is 2.13. The van der Waals surface area contributed by atoms with Crippen LogP contribution in [0.4, 0.5) is 18.9 Å². The van der Waals surface area contributed by atoms with Crippen LogP contribution in [0.3, 0.4) is 0 Å². The molecule has 5 nitrogen and oxygen atoms in total. The molecular formula is C10H4F3N3O2. The van der Waals surface area contributed by atoms with Gasteiger partial charge >= 0.3 is 6.18 Å². The summed E-state index contributed by atoms with van der Waals surface area (Å²) in [6, 6.07) is 4.18. The maximum absolute atomic E-state index is 12.6.